The molecule has 154 valence electrons. The van der Waals surface area contributed by atoms with Gasteiger partial charge in [-0.25, -0.2) is 9.69 Å². The molecule has 3 rings (SSSR count). The van der Waals surface area contributed by atoms with Crippen LogP contribution in [0.2, 0.25) is 0 Å². The number of rotatable bonds is 6. The van der Waals surface area contributed by atoms with Gasteiger partial charge in [0.2, 0.25) is 0 Å². The summed E-state index contributed by atoms with van der Waals surface area (Å²) in [5.41, 5.74) is 2.47. The Hall–Kier alpha value is -2.66. The first kappa shape index (κ1) is 21.1. The Balaban J connectivity index is 1.71. The molecule has 0 spiro atoms. The Morgan fingerprint density at radius 2 is 1.62 bits per heavy atom. The highest BCUT2D eigenvalue weighted by atomic mass is 16.2. The minimum Gasteiger partial charge on any atom is -0.319 e. The largest absolute Gasteiger partial charge is 0.329 e. The predicted octanol–water partition coefficient (Wildman–Crippen LogP) is 2.81. The van der Waals surface area contributed by atoms with Gasteiger partial charge in [0.05, 0.1) is 7.05 Å². The van der Waals surface area contributed by atoms with E-state index in [1.165, 1.54) is 16.0 Å². The van der Waals surface area contributed by atoms with Crippen LogP contribution in [0, 0.1) is 0 Å². The predicted molar refractivity (Wildman–Crippen MR) is 114 cm³/mol. The van der Waals surface area contributed by atoms with Crippen LogP contribution >= 0.6 is 0 Å². The molecule has 2 aromatic carbocycles. The second-order valence-electron chi connectivity index (χ2n) is 9.03. The molecule has 0 radical (unpaired) electrons. The molecule has 5 heteroatoms. The van der Waals surface area contributed by atoms with Crippen molar-refractivity contribution < 1.29 is 14.5 Å². The van der Waals surface area contributed by atoms with E-state index in [0.717, 1.165) is 17.0 Å². The quantitative estimate of drug-likeness (QED) is 0.741. The number of nitrogens with one attached hydrogen (secondary N) is 2. The van der Waals surface area contributed by atoms with Gasteiger partial charge in [0.15, 0.2) is 6.67 Å². The fourth-order valence-corrected chi connectivity index (χ4v) is 3.93. The van der Waals surface area contributed by atoms with Crippen molar-refractivity contribution in [3.8, 4) is 0 Å². The first-order valence-electron chi connectivity index (χ1n) is 10.3. The second kappa shape index (κ2) is 7.99. The van der Waals surface area contributed by atoms with Crippen LogP contribution in [-0.2, 0) is 22.3 Å². The van der Waals surface area contributed by atoms with Crippen molar-refractivity contribution in [3.63, 3.8) is 0 Å². The van der Waals surface area contributed by atoms with Crippen LogP contribution in [0.15, 0.2) is 54.6 Å². The van der Waals surface area contributed by atoms with Crippen LogP contribution in [0.1, 0.15) is 50.8 Å². The average molecular weight is 395 g/mol. The second-order valence-corrected chi connectivity index (χ2v) is 9.03. The van der Waals surface area contributed by atoms with Crippen LogP contribution in [0.25, 0.3) is 0 Å². The van der Waals surface area contributed by atoms with Crippen LogP contribution in [0.4, 0.5) is 4.79 Å². The van der Waals surface area contributed by atoms with Gasteiger partial charge in [-0.2, -0.15) is 0 Å². The average Bonchev–Trinajstić information content (AvgIpc) is 2.93. The summed E-state index contributed by atoms with van der Waals surface area (Å²) >= 11 is 0. The lowest BCUT2D eigenvalue weighted by atomic mass is 9.87. The molecule has 0 aromatic heterocycles. The van der Waals surface area contributed by atoms with Crippen molar-refractivity contribution in [1.29, 1.82) is 0 Å². The number of carbonyl (C=O) groups is 2. The molecule has 1 heterocycles. The summed E-state index contributed by atoms with van der Waals surface area (Å²) in [5, 5.41) is 2.95. The molecule has 1 unspecified atom stereocenters. The molecule has 3 amide bonds. The number of nitrogens with zero attached hydrogens (tertiary/aromatic N) is 1. The van der Waals surface area contributed by atoms with E-state index >= 15 is 0 Å². The zero-order valence-corrected chi connectivity index (χ0v) is 18.1. The van der Waals surface area contributed by atoms with Gasteiger partial charge in [-0.15, -0.1) is 0 Å². The highest BCUT2D eigenvalue weighted by Crippen LogP contribution is 2.31. The highest BCUT2D eigenvalue weighted by molar-refractivity contribution is 6.07. The van der Waals surface area contributed by atoms with Crippen LogP contribution in [-0.4, -0.2) is 30.6 Å². The summed E-state index contributed by atoms with van der Waals surface area (Å²) in [6, 6.07) is 17.8. The molecule has 1 aliphatic rings. The van der Waals surface area contributed by atoms with E-state index in [0.29, 0.717) is 13.1 Å². The number of hydrogen-bond acceptors (Lipinski definition) is 2. The molecule has 0 aliphatic carbocycles. The minimum atomic E-state index is -0.965. The van der Waals surface area contributed by atoms with Gasteiger partial charge in [-0.1, -0.05) is 82.3 Å². The molecule has 2 aromatic rings. The normalized spacial score (nSPS) is 20.7. The molecule has 1 fully saturated rings. The maximum Gasteiger partial charge on any atom is 0.329 e. The number of benzene rings is 2. The van der Waals surface area contributed by atoms with Crippen LogP contribution in [0.5, 0.6) is 0 Å². The first-order valence-corrected chi connectivity index (χ1v) is 10.3. The van der Waals surface area contributed by atoms with Gasteiger partial charge in [-0.3, -0.25) is 4.79 Å². The Bertz CT molecular complexity index is 871. The van der Waals surface area contributed by atoms with Crippen molar-refractivity contribution in [2.24, 2.45) is 0 Å². The van der Waals surface area contributed by atoms with Gasteiger partial charge in [0, 0.05) is 5.56 Å². The number of quaternary nitrogens is 1. The standard InChI is InChI=1S/C24H31N3O2/c1-6-24(20-10-8-7-9-11-20)21(28)27(22(29)25-24)17-26(5)16-18-12-14-19(15-13-18)23(2,3)4/h7-15H,6,16-17H2,1-5H3,(H,25,29)/p+1/t24-/m0/s1. The third-order valence-electron chi connectivity index (χ3n) is 5.73. The summed E-state index contributed by atoms with van der Waals surface area (Å²) in [6.07, 6.45) is 0.519. The monoisotopic (exact) mass is 394 g/mol. The highest BCUT2D eigenvalue weighted by Gasteiger charge is 2.52. The number of amides is 3. The number of carbonyl (C=O) groups excluding carboxylic acids is 2. The van der Waals surface area contributed by atoms with E-state index in [4.69, 9.17) is 0 Å². The summed E-state index contributed by atoms with van der Waals surface area (Å²) in [4.78, 5) is 28.3. The van der Waals surface area contributed by atoms with E-state index < -0.39 is 5.54 Å². The molecular weight excluding hydrogens is 362 g/mol. The van der Waals surface area contributed by atoms with E-state index in [-0.39, 0.29) is 17.4 Å². The Morgan fingerprint density at radius 1 is 1.00 bits per heavy atom. The van der Waals surface area contributed by atoms with Gasteiger partial charge >= 0.3 is 6.03 Å². The van der Waals surface area contributed by atoms with Crippen molar-refractivity contribution in [3.05, 3.63) is 71.3 Å². The van der Waals surface area contributed by atoms with Gasteiger partial charge < -0.3 is 10.2 Å². The fourth-order valence-electron chi connectivity index (χ4n) is 3.93. The molecule has 1 saturated heterocycles. The third kappa shape index (κ3) is 4.20. The molecule has 0 bridgehead atoms. The van der Waals surface area contributed by atoms with E-state index in [9.17, 15) is 9.59 Å². The molecule has 29 heavy (non-hydrogen) atoms. The summed E-state index contributed by atoms with van der Waals surface area (Å²) in [5.74, 6) is -0.168. The Labute approximate surface area is 173 Å². The lowest BCUT2D eigenvalue weighted by molar-refractivity contribution is -0.901. The van der Waals surface area contributed by atoms with Crippen LogP contribution < -0.4 is 10.2 Å². The lowest BCUT2D eigenvalue weighted by Gasteiger charge is -2.26. The van der Waals surface area contributed by atoms with Crippen molar-refractivity contribution in [2.75, 3.05) is 13.7 Å². The maximum atomic E-state index is 13.2. The van der Waals surface area contributed by atoms with Crippen molar-refractivity contribution in [2.45, 2.75) is 51.6 Å². The maximum absolute atomic E-state index is 13.2. The van der Waals surface area contributed by atoms with Crippen molar-refractivity contribution in [1.82, 2.24) is 10.2 Å². The number of hydrogen-bond donors (Lipinski definition) is 2. The lowest BCUT2D eigenvalue weighted by Crippen LogP contribution is -3.09. The zero-order chi connectivity index (χ0) is 21.2. The van der Waals surface area contributed by atoms with E-state index in [1.807, 2.05) is 44.3 Å². The molecule has 5 nitrogen and oxygen atoms in total. The smallest absolute Gasteiger partial charge is 0.319 e. The summed E-state index contributed by atoms with van der Waals surface area (Å²) in [7, 11) is 2.01. The van der Waals surface area contributed by atoms with Crippen LogP contribution in [0.3, 0.4) is 0 Å². The Kier molecular flexibility index (Phi) is 5.80. The Morgan fingerprint density at radius 3 is 2.17 bits per heavy atom. The SMILES string of the molecule is CC[C@@]1(c2ccccc2)NC(=O)N(C[NH+](C)Cc2ccc(C(C)(C)C)cc2)C1=O. The minimum absolute atomic E-state index is 0.123. The molecule has 1 aliphatic heterocycles. The number of imide groups is 1. The molecule has 2 N–H and O–H groups in total. The first-order chi connectivity index (χ1) is 13.7. The molecule has 0 saturated carbocycles. The number of urea groups is 1. The van der Waals surface area contributed by atoms with Gasteiger partial charge in [-0.05, 0) is 23.0 Å². The van der Waals surface area contributed by atoms with E-state index in [1.54, 1.807) is 0 Å². The molecule has 2 atom stereocenters. The van der Waals surface area contributed by atoms with Crippen molar-refractivity contribution >= 4 is 11.9 Å². The van der Waals surface area contributed by atoms with Gasteiger partial charge in [0.25, 0.3) is 5.91 Å². The zero-order valence-electron chi connectivity index (χ0n) is 18.1. The van der Waals surface area contributed by atoms with E-state index in [2.05, 4.69) is 50.4 Å². The summed E-state index contributed by atoms with van der Waals surface area (Å²) < 4.78 is 0. The van der Waals surface area contributed by atoms with Gasteiger partial charge in [0.1, 0.15) is 12.1 Å². The third-order valence-corrected chi connectivity index (χ3v) is 5.73. The topological polar surface area (TPSA) is 53.9 Å². The summed E-state index contributed by atoms with van der Waals surface area (Å²) in [6.45, 7) is 9.60. The molecular formula is C24H32N3O2+. The fraction of sp³-hybridized carbons (Fsp3) is 0.417.